The summed E-state index contributed by atoms with van der Waals surface area (Å²) in [7, 11) is -5.26. The number of halogens is 3. The topological polar surface area (TPSA) is 121 Å². The highest BCUT2D eigenvalue weighted by molar-refractivity contribution is 7.89. The Morgan fingerprint density at radius 2 is 1.71 bits per heavy atom. The first-order valence-corrected chi connectivity index (χ1v) is 16.3. The number of benzene rings is 1. The van der Waals surface area contributed by atoms with Crippen molar-refractivity contribution in [3.8, 4) is 0 Å². The quantitative estimate of drug-likeness (QED) is 0.396. The summed E-state index contributed by atoms with van der Waals surface area (Å²) in [5.41, 5.74) is 0.710. The van der Waals surface area contributed by atoms with Crippen molar-refractivity contribution >= 4 is 26.9 Å². The number of sulfonamides is 1. The lowest BCUT2D eigenvalue weighted by atomic mass is 9.83. The number of fused-ring (bicyclic) bond motifs is 2. The Bertz CT molecular complexity index is 1390. The van der Waals surface area contributed by atoms with E-state index in [1.165, 1.54) is 16.7 Å². The fraction of sp³-hybridized carbons (Fsp3) is 0.593. The van der Waals surface area contributed by atoms with Gasteiger partial charge < -0.3 is 5.32 Å². The smallest absolute Gasteiger partial charge is 0.271 e. The van der Waals surface area contributed by atoms with Crippen LogP contribution in [-0.4, -0.2) is 68.0 Å². The number of piperidine rings is 1. The summed E-state index contributed by atoms with van der Waals surface area (Å²) in [5.74, 6) is -4.32. The normalized spacial score (nSPS) is 22.9. The minimum absolute atomic E-state index is 0.0321. The third kappa shape index (κ3) is 7.51. The zero-order chi connectivity index (χ0) is 30.1. The van der Waals surface area contributed by atoms with Crippen molar-refractivity contribution in [3.63, 3.8) is 0 Å². The lowest BCUT2D eigenvalue weighted by Crippen LogP contribution is -2.53. The van der Waals surface area contributed by atoms with Crippen molar-refractivity contribution in [2.45, 2.75) is 82.7 Å². The van der Waals surface area contributed by atoms with E-state index < -0.39 is 55.2 Å². The third-order valence-corrected chi connectivity index (χ3v) is 11.2. The Kier molecular flexibility index (Phi) is 9.56. The van der Waals surface area contributed by atoms with E-state index in [0.29, 0.717) is 37.4 Å². The molecule has 0 saturated carbocycles. The maximum Gasteiger partial charge on any atom is 0.271 e. The molecule has 0 spiro atoms. The molecule has 14 heteroatoms. The number of carbonyl (C=O) groups excluding carboxylic acids is 1. The number of hydrogen-bond acceptors (Lipinski definition) is 6. The second-order valence-electron chi connectivity index (χ2n) is 11.7. The van der Waals surface area contributed by atoms with Gasteiger partial charge in [0.2, 0.25) is 10.0 Å². The first-order valence-electron chi connectivity index (χ1n) is 13.5. The van der Waals surface area contributed by atoms with E-state index in [0.717, 1.165) is 6.07 Å². The van der Waals surface area contributed by atoms with Crippen LogP contribution in [0.25, 0.3) is 0 Å². The van der Waals surface area contributed by atoms with E-state index >= 15 is 0 Å². The van der Waals surface area contributed by atoms with Gasteiger partial charge in [-0.2, -0.15) is 4.31 Å². The van der Waals surface area contributed by atoms with Crippen LogP contribution < -0.4 is 10.0 Å². The van der Waals surface area contributed by atoms with Gasteiger partial charge in [0.1, 0.15) is 11.5 Å². The molecular weight excluding hydrogens is 579 g/mol. The molecule has 9 nitrogen and oxygen atoms in total. The highest BCUT2D eigenvalue weighted by Crippen LogP contribution is 2.42. The molecule has 226 valence electrons. The molecule has 1 amide bonds. The average molecular weight is 616 g/mol. The van der Waals surface area contributed by atoms with Crippen LogP contribution in [0.2, 0.25) is 0 Å². The highest BCUT2D eigenvalue weighted by atomic mass is 32.2. The van der Waals surface area contributed by atoms with E-state index in [4.69, 9.17) is 0 Å². The van der Waals surface area contributed by atoms with Crippen LogP contribution in [0.1, 0.15) is 68.2 Å². The average Bonchev–Trinajstić information content (AvgIpc) is 3.17. The Labute approximate surface area is 241 Å². The van der Waals surface area contributed by atoms with E-state index in [9.17, 15) is 30.6 Å². The highest BCUT2D eigenvalue weighted by Gasteiger charge is 2.48. The molecule has 41 heavy (non-hydrogen) atoms. The molecule has 0 radical (unpaired) electrons. The molecular formula is C27H36F3N5O4S2. The van der Waals surface area contributed by atoms with Crippen LogP contribution >= 0.6 is 0 Å². The number of hydrogen-bond donors (Lipinski definition) is 2. The first-order chi connectivity index (χ1) is 19.2. The summed E-state index contributed by atoms with van der Waals surface area (Å²) < 4.78 is 85.8. The maximum absolute atomic E-state index is 14.6. The number of rotatable bonds is 10. The van der Waals surface area contributed by atoms with Crippen molar-refractivity contribution in [1.82, 2.24) is 24.3 Å². The van der Waals surface area contributed by atoms with E-state index in [1.54, 1.807) is 27.7 Å². The van der Waals surface area contributed by atoms with Crippen LogP contribution in [-0.2, 0) is 27.4 Å². The van der Waals surface area contributed by atoms with Gasteiger partial charge in [-0.3, -0.25) is 9.78 Å². The fourth-order valence-electron chi connectivity index (χ4n) is 5.53. The first kappa shape index (κ1) is 31.5. The third-order valence-electron chi connectivity index (χ3n) is 7.60. The van der Waals surface area contributed by atoms with Crippen molar-refractivity contribution in [2.75, 3.05) is 12.3 Å². The SMILES string of the molecule is Cc1cnc(C(=O)NCCS(=O)(=O)N2[C@@H]3CC[C@H]2CC([C@@H](Cc2cc(F)c(F)cc2F)N[S@@](=O)C(C)(C)C)C3)cn1. The fourth-order valence-corrected chi connectivity index (χ4v) is 8.30. The van der Waals surface area contributed by atoms with Crippen LogP contribution in [0.3, 0.4) is 0 Å². The van der Waals surface area contributed by atoms with Gasteiger partial charge in [-0.1, -0.05) is 0 Å². The number of amides is 1. The van der Waals surface area contributed by atoms with Crippen LogP contribution in [0.15, 0.2) is 24.5 Å². The summed E-state index contributed by atoms with van der Waals surface area (Å²) in [5, 5.41) is 2.58. The lowest BCUT2D eigenvalue weighted by molar-refractivity contribution is 0.0950. The largest absolute Gasteiger partial charge is 0.350 e. The van der Waals surface area contributed by atoms with Gasteiger partial charge in [-0.15, -0.1) is 0 Å². The predicted octanol–water partition coefficient (Wildman–Crippen LogP) is 3.17. The summed E-state index contributed by atoms with van der Waals surface area (Å²) in [6.45, 7) is 7.00. The lowest BCUT2D eigenvalue weighted by Gasteiger charge is -2.41. The summed E-state index contributed by atoms with van der Waals surface area (Å²) in [6.07, 6.45) is 4.90. The van der Waals surface area contributed by atoms with Gasteiger partial charge in [0.05, 0.1) is 33.4 Å². The second kappa shape index (κ2) is 12.4. The van der Waals surface area contributed by atoms with E-state index in [-0.39, 0.29) is 48.0 Å². The minimum Gasteiger partial charge on any atom is -0.350 e. The van der Waals surface area contributed by atoms with Gasteiger partial charge in [-0.25, -0.2) is 35.5 Å². The zero-order valence-corrected chi connectivity index (χ0v) is 25.1. The Morgan fingerprint density at radius 1 is 1.07 bits per heavy atom. The maximum atomic E-state index is 14.6. The standard InChI is InChI=1S/C27H36F3N5O4S2/c1-16-14-33-25(15-32-16)26(36)31-7-8-41(38,39)35-19-5-6-20(35)10-18(9-19)24(34-40(37)27(2,3)4)12-17-11-22(29)23(30)13-21(17)28/h11,13-15,18-20,24,34H,5-10,12H2,1-4H3,(H,31,36)/t18?,19-,20+,24-,40+/m1/s1. The van der Waals surface area contributed by atoms with Crippen molar-refractivity contribution in [3.05, 3.63) is 58.9 Å². The molecule has 1 unspecified atom stereocenters. The number of aryl methyl sites for hydroxylation is 1. The molecule has 4 rings (SSSR count). The Hall–Kier alpha value is -2.42. The molecule has 5 atom stereocenters. The molecule has 0 aliphatic carbocycles. The van der Waals surface area contributed by atoms with Gasteiger partial charge in [0.25, 0.3) is 5.91 Å². The Balaban J connectivity index is 1.45. The Morgan fingerprint density at radius 3 is 2.29 bits per heavy atom. The zero-order valence-electron chi connectivity index (χ0n) is 23.5. The van der Waals surface area contributed by atoms with Crippen molar-refractivity contribution < 1.29 is 30.6 Å². The molecule has 2 fully saturated rings. The second-order valence-corrected chi connectivity index (χ2v) is 15.7. The van der Waals surface area contributed by atoms with Gasteiger partial charge in [0, 0.05) is 36.9 Å². The number of nitrogens with one attached hydrogen (secondary N) is 2. The van der Waals surface area contributed by atoms with Crippen molar-refractivity contribution in [1.29, 1.82) is 0 Å². The number of nitrogens with zero attached hydrogens (tertiary/aromatic N) is 3. The summed E-state index contributed by atoms with van der Waals surface area (Å²) >= 11 is 0. The van der Waals surface area contributed by atoms with Crippen LogP contribution in [0.5, 0.6) is 0 Å². The molecule has 1 aromatic carbocycles. The summed E-state index contributed by atoms with van der Waals surface area (Å²) in [6, 6.07) is 0.140. The molecule has 3 heterocycles. The van der Waals surface area contributed by atoms with E-state index in [2.05, 4.69) is 20.0 Å². The molecule has 2 saturated heterocycles. The predicted molar refractivity (Wildman–Crippen MR) is 149 cm³/mol. The molecule has 2 aromatic rings. The molecule has 1 aromatic heterocycles. The van der Waals surface area contributed by atoms with Gasteiger partial charge in [0.15, 0.2) is 11.6 Å². The van der Waals surface area contributed by atoms with Gasteiger partial charge >= 0.3 is 0 Å². The van der Waals surface area contributed by atoms with E-state index in [1.807, 2.05) is 0 Å². The number of carbonyl (C=O) groups is 1. The summed E-state index contributed by atoms with van der Waals surface area (Å²) in [4.78, 5) is 20.3. The molecule has 2 aliphatic rings. The van der Waals surface area contributed by atoms with Crippen LogP contribution in [0, 0.1) is 30.3 Å². The minimum atomic E-state index is -3.72. The van der Waals surface area contributed by atoms with Gasteiger partial charge in [-0.05, 0) is 77.3 Å². The van der Waals surface area contributed by atoms with Crippen molar-refractivity contribution in [2.24, 2.45) is 5.92 Å². The molecule has 2 N–H and O–H groups in total. The molecule has 2 aliphatic heterocycles. The van der Waals surface area contributed by atoms with Crippen LogP contribution in [0.4, 0.5) is 13.2 Å². The monoisotopic (exact) mass is 615 g/mol. The number of aromatic nitrogens is 2. The molecule has 2 bridgehead atoms.